The maximum absolute atomic E-state index is 15.0. The second kappa shape index (κ2) is 6.55. The molecule has 0 spiro atoms. The quantitative estimate of drug-likeness (QED) is 0.863. The van der Waals surface area contributed by atoms with E-state index in [1.165, 1.54) is 12.3 Å². The van der Waals surface area contributed by atoms with Crippen LogP contribution in [0.25, 0.3) is 10.9 Å². The van der Waals surface area contributed by atoms with Gasteiger partial charge >= 0.3 is 5.97 Å². The molecule has 0 amide bonds. The summed E-state index contributed by atoms with van der Waals surface area (Å²) in [5.41, 5.74) is 1.15. The van der Waals surface area contributed by atoms with Crippen molar-refractivity contribution < 1.29 is 14.3 Å². The predicted molar refractivity (Wildman–Crippen MR) is 100 cm³/mol. The number of likely N-dealkylation sites (N-methyl/N-ethyl adjacent to an activating group) is 1. The van der Waals surface area contributed by atoms with E-state index < -0.39 is 17.2 Å². The van der Waals surface area contributed by atoms with E-state index in [9.17, 15) is 19.1 Å². The minimum absolute atomic E-state index is 0. The number of carboxylic acids is 1. The molecule has 1 atom stereocenters. The largest absolute Gasteiger partial charge is 0.477 e. The summed E-state index contributed by atoms with van der Waals surface area (Å²) in [7, 11) is 2.04. The molecule has 4 rings (SSSR count). The first-order chi connectivity index (χ1) is 11.9. The van der Waals surface area contributed by atoms with E-state index in [2.05, 4.69) is 4.90 Å². The van der Waals surface area contributed by atoms with Gasteiger partial charge in [-0.1, -0.05) is 0 Å². The zero-order valence-corrected chi connectivity index (χ0v) is 15.5. The molecule has 0 bridgehead atoms. The van der Waals surface area contributed by atoms with E-state index in [0.29, 0.717) is 17.6 Å². The van der Waals surface area contributed by atoms with Gasteiger partial charge in [0.15, 0.2) is 0 Å². The lowest BCUT2D eigenvalue weighted by Crippen LogP contribution is -2.45. The Morgan fingerprint density at radius 1 is 1.27 bits per heavy atom. The Morgan fingerprint density at radius 2 is 1.92 bits per heavy atom. The highest BCUT2D eigenvalue weighted by Crippen LogP contribution is 2.39. The van der Waals surface area contributed by atoms with Gasteiger partial charge in [0.05, 0.1) is 11.2 Å². The van der Waals surface area contributed by atoms with Crippen LogP contribution in [0.5, 0.6) is 0 Å². The number of benzene rings is 1. The Kier molecular flexibility index (Phi) is 4.71. The lowest BCUT2D eigenvalue weighted by Gasteiger charge is -2.35. The van der Waals surface area contributed by atoms with Gasteiger partial charge in [-0.2, -0.15) is 0 Å². The van der Waals surface area contributed by atoms with Crippen LogP contribution < -0.4 is 10.3 Å². The summed E-state index contributed by atoms with van der Waals surface area (Å²) >= 11 is 0. The number of anilines is 1. The van der Waals surface area contributed by atoms with Crippen molar-refractivity contribution in [3.8, 4) is 0 Å². The number of rotatable bonds is 2. The summed E-state index contributed by atoms with van der Waals surface area (Å²) in [6.07, 6.45) is 2.00. The summed E-state index contributed by atoms with van der Waals surface area (Å²) in [5.74, 6) is -1.72. The molecule has 2 aliphatic rings. The van der Waals surface area contributed by atoms with Crippen molar-refractivity contribution in [2.45, 2.75) is 19.4 Å². The van der Waals surface area contributed by atoms with E-state index >= 15 is 0 Å². The Balaban J connectivity index is 0.00000196. The molecule has 3 heterocycles. The molecule has 0 saturated carbocycles. The van der Waals surface area contributed by atoms with Gasteiger partial charge in [0.2, 0.25) is 5.43 Å². The van der Waals surface area contributed by atoms with Crippen molar-refractivity contribution >= 4 is 35.0 Å². The molecule has 1 aromatic carbocycles. The van der Waals surface area contributed by atoms with Crippen molar-refractivity contribution in [2.24, 2.45) is 0 Å². The fourth-order valence-electron chi connectivity index (χ4n) is 4.02. The van der Waals surface area contributed by atoms with Gasteiger partial charge in [-0.3, -0.25) is 4.79 Å². The van der Waals surface area contributed by atoms with Crippen molar-refractivity contribution in [3.05, 3.63) is 39.4 Å². The summed E-state index contributed by atoms with van der Waals surface area (Å²) in [4.78, 5) is 28.1. The highest BCUT2D eigenvalue weighted by Gasteiger charge is 2.31. The smallest absolute Gasteiger partial charge is 0.341 e. The van der Waals surface area contributed by atoms with Gasteiger partial charge in [-0.25, -0.2) is 9.18 Å². The van der Waals surface area contributed by atoms with Gasteiger partial charge in [0, 0.05) is 49.4 Å². The minimum Gasteiger partial charge on any atom is -0.477 e. The number of carboxylic acid groups (broad SMARTS) is 1. The van der Waals surface area contributed by atoms with Gasteiger partial charge < -0.3 is 19.5 Å². The monoisotopic (exact) mass is 381 g/mol. The average molecular weight is 382 g/mol. The van der Waals surface area contributed by atoms with E-state index in [0.717, 1.165) is 31.7 Å². The number of piperazine rings is 1. The minimum atomic E-state index is -1.28. The van der Waals surface area contributed by atoms with Crippen molar-refractivity contribution in [1.29, 1.82) is 0 Å². The second-order valence-corrected chi connectivity index (χ2v) is 7.01. The molecule has 1 saturated heterocycles. The Labute approximate surface area is 156 Å². The summed E-state index contributed by atoms with van der Waals surface area (Å²) < 4.78 is 16.8. The van der Waals surface area contributed by atoms with Crippen LogP contribution in [0, 0.1) is 5.82 Å². The third-order valence-corrected chi connectivity index (χ3v) is 5.36. The second-order valence-electron chi connectivity index (χ2n) is 7.01. The SMILES string of the molecule is CC1Cc2c(N3CCN(C)CC3)c(F)cc3c(=O)c(C(=O)O)cn1c23.Cl. The first-order valence-corrected chi connectivity index (χ1v) is 8.45. The topological polar surface area (TPSA) is 65.8 Å². The van der Waals surface area contributed by atoms with Crippen molar-refractivity contribution in [2.75, 3.05) is 38.1 Å². The average Bonchev–Trinajstić information content (AvgIpc) is 2.88. The number of aromatic carboxylic acids is 1. The molecule has 8 heteroatoms. The van der Waals surface area contributed by atoms with Crippen LogP contribution in [0.4, 0.5) is 10.1 Å². The summed E-state index contributed by atoms with van der Waals surface area (Å²) in [6, 6.07) is 1.21. The fraction of sp³-hybridized carbons (Fsp3) is 0.444. The number of hydrogen-bond donors (Lipinski definition) is 1. The van der Waals surface area contributed by atoms with Gasteiger partial charge in [-0.15, -0.1) is 12.4 Å². The first kappa shape index (κ1) is 18.7. The van der Waals surface area contributed by atoms with Gasteiger partial charge in [-0.05, 0) is 26.5 Å². The molecular weight excluding hydrogens is 361 g/mol. The number of nitrogens with zero attached hydrogens (tertiary/aromatic N) is 3. The third-order valence-electron chi connectivity index (χ3n) is 5.36. The lowest BCUT2D eigenvalue weighted by atomic mass is 10.0. The van der Waals surface area contributed by atoms with E-state index in [-0.39, 0.29) is 29.4 Å². The molecule has 6 nitrogen and oxygen atoms in total. The number of hydrogen-bond acceptors (Lipinski definition) is 4. The molecule has 26 heavy (non-hydrogen) atoms. The maximum Gasteiger partial charge on any atom is 0.341 e. The molecule has 1 unspecified atom stereocenters. The predicted octanol–water partition coefficient (Wildman–Crippen LogP) is 2.13. The third kappa shape index (κ3) is 2.66. The van der Waals surface area contributed by atoms with Crippen LogP contribution in [0.2, 0.25) is 0 Å². The van der Waals surface area contributed by atoms with Gasteiger partial charge in [0.25, 0.3) is 0 Å². The van der Waals surface area contributed by atoms with Gasteiger partial charge in [0.1, 0.15) is 11.4 Å². The number of carbonyl (C=O) groups is 1. The molecule has 0 aliphatic carbocycles. The molecule has 2 aliphatic heterocycles. The highest BCUT2D eigenvalue weighted by atomic mass is 35.5. The van der Waals surface area contributed by atoms with Crippen LogP contribution in [0.15, 0.2) is 17.1 Å². The number of halogens is 2. The van der Waals surface area contributed by atoms with Crippen molar-refractivity contribution in [1.82, 2.24) is 9.47 Å². The standard InChI is InChI=1S/C18H20FN3O3.ClH/c1-10-7-11-15-12(17(23)13(18(24)25)9-22(10)15)8-14(19)16(11)21-5-3-20(2)4-6-21;/h8-10H,3-7H2,1-2H3,(H,24,25);1H. The maximum atomic E-state index is 15.0. The van der Waals surface area contributed by atoms with E-state index in [1.807, 2.05) is 23.4 Å². The van der Waals surface area contributed by atoms with Crippen molar-refractivity contribution in [3.63, 3.8) is 0 Å². The van der Waals surface area contributed by atoms with Crippen LogP contribution >= 0.6 is 12.4 Å². The Morgan fingerprint density at radius 3 is 2.54 bits per heavy atom. The van der Waals surface area contributed by atoms with Crippen LogP contribution in [-0.2, 0) is 6.42 Å². The van der Waals surface area contributed by atoms with E-state index in [1.54, 1.807) is 0 Å². The first-order valence-electron chi connectivity index (χ1n) is 8.45. The number of pyridine rings is 1. The zero-order chi connectivity index (χ0) is 17.9. The lowest BCUT2D eigenvalue weighted by molar-refractivity contribution is 0.0694. The molecule has 1 fully saturated rings. The summed E-state index contributed by atoms with van der Waals surface area (Å²) in [6.45, 7) is 5.14. The molecule has 2 aromatic rings. The molecule has 1 aromatic heterocycles. The van der Waals surface area contributed by atoms with E-state index in [4.69, 9.17) is 0 Å². The Bertz CT molecular complexity index is 951. The Hall–Kier alpha value is -2.12. The molecular formula is C18H21ClFN3O3. The highest BCUT2D eigenvalue weighted by molar-refractivity contribution is 5.96. The number of aromatic nitrogens is 1. The molecule has 1 N–H and O–H groups in total. The molecule has 0 radical (unpaired) electrons. The van der Waals surface area contributed by atoms with Crippen LogP contribution in [0.1, 0.15) is 28.9 Å². The summed E-state index contributed by atoms with van der Waals surface area (Å²) in [5, 5.41) is 9.44. The van der Waals surface area contributed by atoms with Crippen LogP contribution in [-0.4, -0.2) is 53.8 Å². The van der Waals surface area contributed by atoms with Crippen LogP contribution in [0.3, 0.4) is 0 Å². The zero-order valence-electron chi connectivity index (χ0n) is 14.7. The fourth-order valence-corrected chi connectivity index (χ4v) is 4.02. The normalized spacial score (nSPS) is 19.7. The molecule has 140 valence electrons.